The van der Waals surface area contributed by atoms with Crippen LogP contribution >= 0.6 is 0 Å². The highest BCUT2D eigenvalue weighted by molar-refractivity contribution is 5.99. The average molecular weight is 493 g/mol. The first-order chi connectivity index (χ1) is 17.9. The number of carbonyl (C=O) groups excluding carboxylic acids is 1. The number of nitrogens with two attached hydrogens (primary N) is 1. The highest BCUT2D eigenvalue weighted by atomic mass is 16.2. The third-order valence-corrected chi connectivity index (χ3v) is 6.91. The molecule has 9 heteroatoms. The molecule has 4 heterocycles. The maximum Gasteiger partial charge on any atom is 0.308 e. The summed E-state index contributed by atoms with van der Waals surface area (Å²) in [5.74, 6) is 0.214. The molecule has 0 radical (unpaired) electrons. The first-order valence-corrected chi connectivity index (χ1v) is 12.1. The molecule has 1 aliphatic heterocycles. The van der Waals surface area contributed by atoms with E-state index in [1.165, 1.54) is 6.33 Å². The second-order valence-electron chi connectivity index (χ2n) is 9.34. The summed E-state index contributed by atoms with van der Waals surface area (Å²) in [7, 11) is 0. The van der Waals surface area contributed by atoms with Gasteiger partial charge < -0.3 is 11.1 Å². The van der Waals surface area contributed by atoms with Crippen LogP contribution in [0.5, 0.6) is 0 Å². The highest BCUT2D eigenvalue weighted by Crippen LogP contribution is 2.22. The molecule has 1 aliphatic rings. The van der Waals surface area contributed by atoms with E-state index in [0.29, 0.717) is 47.5 Å². The van der Waals surface area contributed by atoms with E-state index >= 15 is 0 Å². The van der Waals surface area contributed by atoms with Crippen molar-refractivity contribution >= 4 is 39.9 Å². The van der Waals surface area contributed by atoms with Gasteiger partial charge in [0.1, 0.15) is 6.54 Å². The molecule has 0 saturated carbocycles. The van der Waals surface area contributed by atoms with Gasteiger partial charge in [0.25, 0.3) is 5.56 Å². The smallest absolute Gasteiger partial charge is 0.308 e. The van der Waals surface area contributed by atoms with E-state index in [0.717, 1.165) is 27.9 Å². The van der Waals surface area contributed by atoms with Gasteiger partial charge in [-0.1, -0.05) is 41.4 Å². The number of pyridine rings is 1. The Morgan fingerprint density at radius 1 is 1.08 bits per heavy atom. The molecule has 2 aromatic carbocycles. The van der Waals surface area contributed by atoms with Crippen LogP contribution in [0.1, 0.15) is 23.2 Å². The predicted molar refractivity (Wildman–Crippen MR) is 142 cm³/mol. The summed E-state index contributed by atoms with van der Waals surface area (Å²) in [6.07, 6.45) is 5.68. The summed E-state index contributed by atoms with van der Waals surface area (Å²) in [4.78, 5) is 34.8. The van der Waals surface area contributed by atoms with Crippen molar-refractivity contribution in [1.29, 1.82) is 0 Å². The Kier molecular flexibility index (Phi) is 5.33. The van der Waals surface area contributed by atoms with Gasteiger partial charge in [0.15, 0.2) is 18.5 Å². The van der Waals surface area contributed by atoms with Crippen LogP contribution in [0.15, 0.2) is 71.6 Å². The van der Waals surface area contributed by atoms with E-state index in [-0.39, 0.29) is 11.5 Å². The number of aryl methyl sites for hydroxylation is 2. The van der Waals surface area contributed by atoms with Crippen molar-refractivity contribution < 1.29 is 9.36 Å². The molecule has 184 valence electrons. The Morgan fingerprint density at radius 3 is 2.68 bits per heavy atom. The Labute approximate surface area is 212 Å². The lowest BCUT2D eigenvalue weighted by Crippen LogP contribution is -2.37. The molecular formula is C28H26N7O2+. The first-order valence-electron chi connectivity index (χ1n) is 12.1. The van der Waals surface area contributed by atoms with Crippen molar-refractivity contribution in [2.75, 3.05) is 12.3 Å². The molecule has 1 saturated heterocycles. The number of aromatic nitrogens is 5. The molecule has 3 N–H and O–H groups in total. The minimum atomic E-state index is -0.0953. The van der Waals surface area contributed by atoms with Crippen molar-refractivity contribution in [3.63, 3.8) is 0 Å². The second kappa shape index (κ2) is 8.70. The Balaban J connectivity index is 1.59. The van der Waals surface area contributed by atoms with Crippen molar-refractivity contribution in [3.05, 3.63) is 93.9 Å². The summed E-state index contributed by atoms with van der Waals surface area (Å²) < 4.78 is 5.52. The number of imidazole rings is 1. The maximum absolute atomic E-state index is 14.0. The van der Waals surface area contributed by atoms with Crippen LogP contribution in [0.3, 0.4) is 0 Å². The van der Waals surface area contributed by atoms with Gasteiger partial charge in [-0.3, -0.25) is 14.2 Å². The van der Waals surface area contributed by atoms with Gasteiger partial charge in [-0.2, -0.15) is 4.98 Å². The fraction of sp³-hybridized carbons (Fsp3) is 0.179. The largest absolute Gasteiger partial charge is 0.380 e. The topological polar surface area (TPSA) is 112 Å². The van der Waals surface area contributed by atoms with Crippen LogP contribution in [-0.2, 0) is 11.3 Å². The number of benzene rings is 2. The molecule has 37 heavy (non-hydrogen) atoms. The third kappa shape index (κ3) is 3.76. The lowest BCUT2D eigenvalue weighted by molar-refractivity contribution is -0.665. The normalized spacial score (nSPS) is 14.6. The molecular weight excluding hydrogens is 466 g/mol. The number of carbonyl (C=O) groups is 1. The summed E-state index contributed by atoms with van der Waals surface area (Å²) >= 11 is 0. The van der Waals surface area contributed by atoms with E-state index < -0.39 is 0 Å². The third-order valence-electron chi connectivity index (χ3n) is 6.91. The summed E-state index contributed by atoms with van der Waals surface area (Å²) in [6.45, 7) is 4.91. The molecule has 1 amide bonds. The monoisotopic (exact) mass is 492 g/mol. The SMILES string of the molecule is Cc1ccccc1-n1c(C[n+]2cn(C=C3CCNC3=O)c3c(N)ncnc32)cc2cccc(C)c2c1=O. The van der Waals surface area contributed by atoms with E-state index in [2.05, 4.69) is 21.4 Å². The van der Waals surface area contributed by atoms with Gasteiger partial charge in [0, 0.05) is 6.54 Å². The van der Waals surface area contributed by atoms with Crippen LogP contribution in [0, 0.1) is 13.8 Å². The highest BCUT2D eigenvalue weighted by Gasteiger charge is 2.24. The van der Waals surface area contributed by atoms with Gasteiger partial charge in [0.2, 0.25) is 11.4 Å². The quantitative estimate of drug-likeness (QED) is 0.296. The van der Waals surface area contributed by atoms with Crippen LogP contribution in [0.25, 0.3) is 33.8 Å². The van der Waals surface area contributed by atoms with Crippen molar-refractivity contribution in [1.82, 2.24) is 24.4 Å². The average Bonchev–Trinajstić information content (AvgIpc) is 3.44. The number of nitrogen functional groups attached to an aromatic ring is 1. The van der Waals surface area contributed by atoms with Gasteiger partial charge in [-0.05, 0) is 48.9 Å². The van der Waals surface area contributed by atoms with E-state index in [4.69, 9.17) is 5.73 Å². The van der Waals surface area contributed by atoms with Crippen LogP contribution in [0.4, 0.5) is 5.82 Å². The number of anilines is 1. The van der Waals surface area contributed by atoms with Crippen molar-refractivity contribution in [3.8, 4) is 5.69 Å². The number of nitrogens with zero attached hydrogens (tertiary/aromatic N) is 5. The molecule has 5 aromatic rings. The molecule has 0 atom stereocenters. The number of rotatable bonds is 4. The molecule has 0 spiro atoms. The van der Waals surface area contributed by atoms with Gasteiger partial charge in [-0.25, -0.2) is 9.13 Å². The predicted octanol–water partition coefficient (Wildman–Crippen LogP) is 2.63. The van der Waals surface area contributed by atoms with E-state index in [1.54, 1.807) is 15.3 Å². The number of para-hydroxylation sites is 1. The Hall–Kier alpha value is -4.79. The minimum absolute atomic E-state index is 0.0666. The molecule has 9 nitrogen and oxygen atoms in total. The number of amides is 1. The van der Waals surface area contributed by atoms with Crippen LogP contribution in [-0.4, -0.2) is 31.6 Å². The van der Waals surface area contributed by atoms with Gasteiger partial charge in [0.05, 0.1) is 28.5 Å². The molecule has 0 aliphatic carbocycles. The Bertz CT molecular complexity index is 1810. The zero-order valence-corrected chi connectivity index (χ0v) is 20.6. The summed E-state index contributed by atoms with van der Waals surface area (Å²) in [5.41, 5.74) is 11.6. The molecule has 1 fully saturated rings. The number of fused-ring (bicyclic) bond motifs is 2. The second-order valence-corrected chi connectivity index (χ2v) is 9.34. The number of hydrogen-bond acceptors (Lipinski definition) is 5. The zero-order chi connectivity index (χ0) is 25.7. The van der Waals surface area contributed by atoms with Gasteiger partial charge >= 0.3 is 5.65 Å². The van der Waals surface area contributed by atoms with Crippen molar-refractivity contribution in [2.45, 2.75) is 26.8 Å². The fourth-order valence-corrected chi connectivity index (χ4v) is 5.10. The summed E-state index contributed by atoms with van der Waals surface area (Å²) in [5, 5.41) is 4.41. The molecule has 6 rings (SSSR count). The molecule has 3 aromatic heterocycles. The minimum Gasteiger partial charge on any atom is -0.380 e. The first kappa shape index (κ1) is 22.7. The standard InChI is InChI=1S/C28H25N7O2/c1-17-6-3-4-9-22(17)35-21(12-19-8-5-7-18(2)23(19)28(35)37)14-34-16-33(13-20-10-11-30-27(20)36)24-25(29)31-15-32-26(24)34/h3-9,12-13,15-16H,10-11,14H2,1-2H3,(H2-,29,30,31,32,36)/p+1. The summed E-state index contributed by atoms with van der Waals surface area (Å²) in [6, 6.07) is 15.8. The van der Waals surface area contributed by atoms with E-state index in [9.17, 15) is 9.59 Å². The maximum atomic E-state index is 14.0. The van der Waals surface area contributed by atoms with Crippen molar-refractivity contribution in [2.24, 2.45) is 0 Å². The number of nitrogens with one attached hydrogen (secondary N) is 1. The van der Waals surface area contributed by atoms with Crippen LogP contribution < -0.4 is 21.2 Å². The fourth-order valence-electron chi connectivity index (χ4n) is 5.10. The lowest BCUT2D eigenvalue weighted by Gasteiger charge is -2.16. The van der Waals surface area contributed by atoms with Gasteiger partial charge in [-0.15, -0.1) is 0 Å². The molecule has 0 unspecified atom stereocenters. The molecule has 0 bridgehead atoms. The lowest BCUT2D eigenvalue weighted by atomic mass is 10.1. The van der Waals surface area contributed by atoms with E-state index in [1.807, 2.05) is 67.2 Å². The number of hydrogen-bond donors (Lipinski definition) is 2. The zero-order valence-electron chi connectivity index (χ0n) is 20.6. The van der Waals surface area contributed by atoms with Crippen LogP contribution in [0.2, 0.25) is 0 Å². The Morgan fingerprint density at radius 2 is 1.89 bits per heavy atom.